The van der Waals surface area contributed by atoms with Crippen LogP contribution in [0.4, 0.5) is 0 Å². The van der Waals surface area contributed by atoms with Gasteiger partial charge in [-0.1, -0.05) is 158 Å². The zero-order valence-electron chi connectivity index (χ0n) is 29.1. The smallest absolute Gasteiger partial charge is 0.136 e. The number of benzene rings is 10. The molecule has 0 aliphatic carbocycles. The van der Waals surface area contributed by atoms with E-state index in [9.17, 15) is 0 Å². The van der Waals surface area contributed by atoms with E-state index in [1.807, 2.05) is 11.3 Å². The average molecular weight is 703 g/mol. The van der Waals surface area contributed by atoms with Gasteiger partial charge in [-0.25, -0.2) is 0 Å². The van der Waals surface area contributed by atoms with Gasteiger partial charge in [0.25, 0.3) is 0 Å². The highest BCUT2D eigenvalue weighted by Crippen LogP contribution is 2.48. The fourth-order valence-electron chi connectivity index (χ4n) is 9.13. The van der Waals surface area contributed by atoms with Crippen LogP contribution in [0, 0.1) is 0 Å². The Bertz CT molecular complexity index is 3440. The Hall–Kier alpha value is -6.74. The molecule has 250 valence electrons. The standard InChI is InChI=1S/C52H30OS/c1-2-13-32(14-3-1)48-38-18-8-10-20-40(38)49(41-21-11-9-19-39(41)48)42-27-26-34(36-16-6-7-17-37(36)42)33-23-24-43-46(30-33)53-45-28-29-47-51(50(43)45)44-25-22-31-12-4-5-15-35(31)52(44)54-47/h1-30H. The first-order valence-electron chi connectivity index (χ1n) is 18.5. The van der Waals surface area contributed by atoms with Gasteiger partial charge < -0.3 is 4.42 Å². The van der Waals surface area contributed by atoms with Gasteiger partial charge in [0.1, 0.15) is 11.2 Å². The maximum Gasteiger partial charge on any atom is 0.136 e. The summed E-state index contributed by atoms with van der Waals surface area (Å²) in [4.78, 5) is 0. The predicted octanol–water partition coefficient (Wildman–Crippen LogP) is 15.6. The van der Waals surface area contributed by atoms with E-state index >= 15 is 0 Å². The third kappa shape index (κ3) is 4.20. The molecule has 0 unspecified atom stereocenters. The third-order valence-electron chi connectivity index (χ3n) is 11.5. The van der Waals surface area contributed by atoms with E-state index in [-0.39, 0.29) is 0 Å². The van der Waals surface area contributed by atoms with Gasteiger partial charge in [0.05, 0.1) is 0 Å². The van der Waals surface area contributed by atoms with Crippen LogP contribution in [0.25, 0.3) is 119 Å². The number of hydrogen-bond donors (Lipinski definition) is 0. The summed E-state index contributed by atoms with van der Waals surface area (Å²) in [5.74, 6) is 0. The second-order valence-corrected chi connectivity index (χ2v) is 15.4. The van der Waals surface area contributed by atoms with E-state index in [0.717, 1.165) is 22.1 Å². The Morgan fingerprint density at radius 2 is 0.926 bits per heavy atom. The summed E-state index contributed by atoms with van der Waals surface area (Å²) in [5, 5.41) is 15.0. The molecule has 0 fully saturated rings. The normalized spacial score (nSPS) is 12.1. The highest BCUT2D eigenvalue weighted by atomic mass is 32.1. The summed E-state index contributed by atoms with van der Waals surface area (Å²) >= 11 is 1.88. The van der Waals surface area contributed by atoms with Crippen LogP contribution >= 0.6 is 11.3 Å². The first-order chi connectivity index (χ1) is 26.8. The topological polar surface area (TPSA) is 13.1 Å². The highest BCUT2D eigenvalue weighted by molar-refractivity contribution is 7.27. The van der Waals surface area contributed by atoms with Crippen molar-refractivity contribution in [2.24, 2.45) is 0 Å². The Kier molecular flexibility index (Phi) is 6.28. The molecule has 1 nitrogen and oxygen atoms in total. The molecule has 0 aliphatic heterocycles. The molecule has 12 aromatic rings. The molecule has 0 aliphatic rings. The van der Waals surface area contributed by atoms with Crippen LogP contribution in [0.15, 0.2) is 186 Å². The van der Waals surface area contributed by atoms with Gasteiger partial charge in [0.15, 0.2) is 0 Å². The van der Waals surface area contributed by atoms with E-state index in [1.165, 1.54) is 96.5 Å². The van der Waals surface area contributed by atoms with Crippen LogP contribution in [0.3, 0.4) is 0 Å². The van der Waals surface area contributed by atoms with Gasteiger partial charge in [-0.05, 0) is 101 Å². The van der Waals surface area contributed by atoms with Crippen LogP contribution in [0.1, 0.15) is 0 Å². The van der Waals surface area contributed by atoms with Crippen molar-refractivity contribution in [3.63, 3.8) is 0 Å². The molecule has 0 saturated heterocycles. The van der Waals surface area contributed by atoms with Crippen molar-refractivity contribution < 1.29 is 4.42 Å². The van der Waals surface area contributed by atoms with Crippen LogP contribution in [0.5, 0.6) is 0 Å². The number of fused-ring (bicyclic) bond motifs is 12. The van der Waals surface area contributed by atoms with E-state index in [0.29, 0.717) is 0 Å². The minimum atomic E-state index is 0.914. The van der Waals surface area contributed by atoms with Crippen molar-refractivity contribution in [2.75, 3.05) is 0 Å². The quantitative estimate of drug-likeness (QED) is 0.167. The largest absolute Gasteiger partial charge is 0.456 e. The molecule has 10 aromatic carbocycles. The molecular formula is C52H30OS. The minimum Gasteiger partial charge on any atom is -0.456 e. The fourth-order valence-corrected chi connectivity index (χ4v) is 10.4. The zero-order valence-corrected chi connectivity index (χ0v) is 30.0. The molecule has 0 spiro atoms. The number of thiophene rings is 1. The van der Waals surface area contributed by atoms with E-state index in [2.05, 4.69) is 182 Å². The van der Waals surface area contributed by atoms with Gasteiger partial charge in [-0.3, -0.25) is 0 Å². The van der Waals surface area contributed by atoms with Crippen molar-refractivity contribution in [2.45, 2.75) is 0 Å². The summed E-state index contributed by atoms with van der Waals surface area (Å²) in [5.41, 5.74) is 9.23. The first-order valence-corrected chi connectivity index (χ1v) is 19.3. The molecule has 2 aromatic heterocycles. The van der Waals surface area contributed by atoms with Crippen LogP contribution < -0.4 is 0 Å². The lowest BCUT2D eigenvalue weighted by Gasteiger charge is -2.19. The molecule has 12 rings (SSSR count). The Balaban J connectivity index is 1.07. The van der Waals surface area contributed by atoms with E-state index < -0.39 is 0 Å². The molecular weight excluding hydrogens is 673 g/mol. The number of hydrogen-bond acceptors (Lipinski definition) is 2. The number of rotatable bonds is 3. The van der Waals surface area contributed by atoms with Gasteiger partial charge in [0.2, 0.25) is 0 Å². The molecule has 0 saturated carbocycles. The Morgan fingerprint density at radius 1 is 0.333 bits per heavy atom. The molecule has 0 amide bonds. The minimum absolute atomic E-state index is 0.914. The molecule has 0 bridgehead atoms. The summed E-state index contributed by atoms with van der Waals surface area (Å²) in [6, 6.07) is 66.5. The van der Waals surface area contributed by atoms with Gasteiger partial charge >= 0.3 is 0 Å². The zero-order chi connectivity index (χ0) is 35.3. The monoisotopic (exact) mass is 702 g/mol. The molecule has 54 heavy (non-hydrogen) atoms. The van der Waals surface area contributed by atoms with Crippen molar-refractivity contribution in [1.82, 2.24) is 0 Å². The second-order valence-electron chi connectivity index (χ2n) is 14.3. The number of furan rings is 1. The Labute approximate surface area is 314 Å². The van der Waals surface area contributed by atoms with Gasteiger partial charge in [0, 0.05) is 30.9 Å². The third-order valence-corrected chi connectivity index (χ3v) is 12.7. The van der Waals surface area contributed by atoms with Crippen LogP contribution in [0.2, 0.25) is 0 Å². The maximum absolute atomic E-state index is 6.68. The lowest BCUT2D eigenvalue weighted by Crippen LogP contribution is -1.92. The highest BCUT2D eigenvalue weighted by Gasteiger charge is 2.20. The van der Waals surface area contributed by atoms with Gasteiger partial charge in [-0.15, -0.1) is 11.3 Å². The fraction of sp³-hybridized carbons (Fsp3) is 0. The maximum atomic E-state index is 6.68. The molecule has 2 heteroatoms. The average Bonchev–Trinajstić information content (AvgIpc) is 3.81. The summed E-state index contributed by atoms with van der Waals surface area (Å²) in [6.45, 7) is 0. The van der Waals surface area contributed by atoms with Crippen LogP contribution in [-0.4, -0.2) is 0 Å². The van der Waals surface area contributed by atoms with E-state index in [1.54, 1.807) is 0 Å². The van der Waals surface area contributed by atoms with Crippen molar-refractivity contribution in [3.8, 4) is 33.4 Å². The van der Waals surface area contributed by atoms with Crippen molar-refractivity contribution >= 4 is 96.5 Å². The predicted molar refractivity (Wildman–Crippen MR) is 233 cm³/mol. The summed E-state index contributed by atoms with van der Waals surface area (Å²) in [6.07, 6.45) is 0. The molecule has 2 heterocycles. The summed E-state index contributed by atoms with van der Waals surface area (Å²) < 4.78 is 9.31. The van der Waals surface area contributed by atoms with Crippen molar-refractivity contribution in [3.05, 3.63) is 182 Å². The molecule has 0 radical (unpaired) electrons. The van der Waals surface area contributed by atoms with Gasteiger partial charge in [-0.2, -0.15) is 0 Å². The van der Waals surface area contributed by atoms with Crippen LogP contribution in [-0.2, 0) is 0 Å². The lowest BCUT2D eigenvalue weighted by atomic mass is 9.84. The Morgan fingerprint density at radius 3 is 1.67 bits per heavy atom. The SMILES string of the molecule is c1ccc(-c2c3ccccc3c(-c3ccc(-c4ccc5c(c4)oc4ccc6sc7c8ccccc8ccc7c6c45)c4ccccc34)c3ccccc23)cc1. The molecule has 0 N–H and O–H groups in total. The van der Waals surface area contributed by atoms with E-state index in [4.69, 9.17) is 4.42 Å². The second kappa shape index (κ2) is 11.4. The lowest BCUT2D eigenvalue weighted by molar-refractivity contribution is 0.669. The van der Waals surface area contributed by atoms with Crippen molar-refractivity contribution in [1.29, 1.82) is 0 Å². The summed E-state index contributed by atoms with van der Waals surface area (Å²) in [7, 11) is 0. The first kappa shape index (κ1) is 29.8. The molecule has 0 atom stereocenters.